The minimum absolute atomic E-state index is 0.213. The van der Waals surface area contributed by atoms with Gasteiger partial charge in [-0.05, 0) is 113 Å². The number of fused-ring (bicyclic) bond motifs is 1. The molecule has 0 saturated carbocycles. The van der Waals surface area contributed by atoms with Crippen molar-refractivity contribution in [2.45, 2.75) is 41.5 Å². The van der Waals surface area contributed by atoms with E-state index in [-0.39, 0.29) is 11.8 Å². The zero-order valence-electron chi connectivity index (χ0n) is 33.3. The molecule has 6 nitrogen and oxygen atoms in total. The standard InChI is InChI=1S/C50H46N4O2/c1-31-9-19-37(20-10-31)53(38-21-11-32(2)12-22-38)43-29-35(5)17-27-41(43)47-45-46(50(56)51(47)7)48(52(8)49(45)55)42-28-18-36(6)30-44(42)54(39-23-13-33(3)14-24-39)40-25-15-34(4)16-26-40/h9-30H,1-8H3. The van der Waals surface area contributed by atoms with E-state index >= 15 is 0 Å². The molecule has 2 aliphatic heterocycles. The Hall–Kier alpha value is -6.66. The van der Waals surface area contributed by atoms with Crippen LogP contribution in [-0.2, 0) is 9.59 Å². The summed E-state index contributed by atoms with van der Waals surface area (Å²) in [6, 6.07) is 46.3. The van der Waals surface area contributed by atoms with Crippen LogP contribution < -0.4 is 9.80 Å². The van der Waals surface area contributed by atoms with Crippen LogP contribution in [0.1, 0.15) is 44.5 Å². The summed E-state index contributed by atoms with van der Waals surface area (Å²) in [7, 11) is 3.57. The maximum absolute atomic E-state index is 14.8. The Bertz CT molecular complexity index is 2310. The van der Waals surface area contributed by atoms with Crippen molar-refractivity contribution < 1.29 is 9.59 Å². The molecule has 0 atom stereocenters. The van der Waals surface area contributed by atoms with Crippen molar-refractivity contribution in [1.82, 2.24) is 9.80 Å². The quantitative estimate of drug-likeness (QED) is 0.156. The highest BCUT2D eigenvalue weighted by Crippen LogP contribution is 2.51. The highest BCUT2D eigenvalue weighted by molar-refractivity contribution is 6.31. The Morgan fingerprint density at radius 1 is 0.357 bits per heavy atom. The third-order valence-corrected chi connectivity index (χ3v) is 10.9. The molecule has 0 bridgehead atoms. The molecule has 2 aliphatic rings. The smallest absolute Gasteiger partial charge is 0.261 e. The van der Waals surface area contributed by atoms with E-state index in [4.69, 9.17) is 0 Å². The number of anilines is 6. The van der Waals surface area contributed by atoms with Gasteiger partial charge < -0.3 is 19.6 Å². The number of nitrogens with zero attached hydrogens (tertiary/aromatic N) is 4. The van der Waals surface area contributed by atoms with Crippen molar-refractivity contribution in [3.63, 3.8) is 0 Å². The molecule has 2 amide bonds. The van der Waals surface area contributed by atoms with Crippen molar-refractivity contribution >= 4 is 57.3 Å². The van der Waals surface area contributed by atoms with Crippen LogP contribution in [0, 0.1) is 41.5 Å². The van der Waals surface area contributed by atoms with E-state index in [9.17, 15) is 9.59 Å². The second kappa shape index (κ2) is 14.2. The Kier molecular flexibility index (Phi) is 9.21. The maximum atomic E-state index is 14.8. The molecule has 56 heavy (non-hydrogen) atoms. The summed E-state index contributed by atoms with van der Waals surface area (Å²) in [6.45, 7) is 12.5. The zero-order valence-corrected chi connectivity index (χ0v) is 33.3. The first-order valence-corrected chi connectivity index (χ1v) is 19.1. The Morgan fingerprint density at radius 3 is 0.875 bits per heavy atom. The van der Waals surface area contributed by atoms with E-state index in [2.05, 4.69) is 173 Å². The van der Waals surface area contributed by atoms with Gasteiger partial charge in [-0.1, -0.05) is 95.1 Å². The summed E-state index contributed by atoms with van der Waals surface area (Å²) in [6.07, 6.45) is 0. The molecule has 6 aromatic rings. The monoisotopic (exact) mass is 734 g/mol. The normalized spacial score (nSPS) is 13.9. The average Bonchev–Trinajstić information content (AvgIpc) is 3.59. The van der Waals surface area contributed by atoms with E-state index in [1.807, 2.05) is 12.1 Å². The molecule has 2 heterocycles. The predicted molar refractivity (Wildman–Crippen MR) is 230 cm³/mol. The van der Waals surface area contributed by atoms with Gasteiger partial charge in [0.2, 0.25) is 0 Å². The van der Waals surface area contributed by atoms with Gasteiger partial charge in [-0.2, -0.15) is 0 Å². The number of amides is 2. The van der Waals surface area contributed by atoms with Crippen LogP contribution in [0.3, 0.4) is 0 Å². The van der Waals surface area contributed by atoms with E-state index < -0.39 is 0 Å². The Labute approximate surface area is 330 Å². The lowest BCUT2D eigenvalue weighted by Crippen LogP contribution is -2.26. The summed E-state index contributed by atoms with van der Waals surface area (Å²) >= 11 is 0. The zero-order chi connectivity index (χ0) is 39.4. The van der Waals surface area contributed by atoms with Gasteiger partial charge >= 0.3 is 0 Å². The summed E-state index contributed by atoms with van der Waals surface area (Å²) in [5.74, 6) is -0.426. The third-order valence-electron chi connectivity index (χ3n) is 10.9. The first-order chi connectivity index (χ1) is 26.9. The fraction of sp³-hybridized carbons (Fsp3) is 0.160. The average molecular weight is 735 g/mol. The van der Waals surface area contributed by atoms with Gasteiger partial charge in [0.05, 0.1) is 33.9 Å². The lowest BCUT2D eigenvalue weighted by atomic mass is 9.97. The summed E-state index contributed by atoms with van der Waals surface area (Å²) in [5, 5.41) is 0. The molecule has 0 radical (unpaired) electrons. The topological polar surface area (TPSA) is 47.1 Å². The molecule has 0 fully saturated rings. The molecule has 6 aromatic carbocycles. The van der Waals surface area contributed by atoms with Gasteiger partial charge in [-0.15, -0.1) is 0 Å². The second-order valence-electron chi connectivity index (χ2n) is 15.2. The largest absolute Gasteiger partial charge is 0.310 e. The lowest BCUT2D eigenvalue weighted by Gasteiger charge is -2.31. The molecule has 0 aromatic heterocycles. The predicted octanol–water partition coefficient (Wildman–Crippen LogP) is 11.5. The fourth-order valence-corrected chi connectivity index (χ4v) is 7.84. The highest BCUT2D eigenvalue weighted by atomic mass is 16.2. The lowest BCUT2D eigenvalue weighted by molar-refractivity contribution is -0.123. The summed E-state index contributed by atoms with van der Waals surface area (Å²) < 4.78 is 0. The molecule has 0 aliphatic carbocycles. The number of likely N-dealkylation sites (N-methyl/N-ethyl adjacent to an activating group) is 2. The number of carbonyl (C=O) groups excluding carboxylic acids is 2. The van der Waals surface area contributed by atoms with E-state index in [1.54, 1.807) is 23.9 Å². The summed E-state index contributed by atoms with van der Waals surface area (Å²) in [4.78, 5) is 37.4. The molecule has 0 N–H and O–H groups in total. The van der Waals surface area contributed by atoms with Gasteiger partial charge in [0, 0.05) is 48.0 Å². The fourth-order valence-electron chi connectivity index (χ4n) is 7.84. The molecule has 278 valence electrons. The molecular formula is C50H46N4O2. The molecule has 0 unspecified atom stereocenters. The van der Waals surface area contributed by atoms with Crippen molar-refractivity contribution in [3.05, 3.63) is 189 Å². The van der Waals surface area contributed by atoms with Crippen LogP contribution in [0.2, 0.25) is 0 Å². The van der Waals surface area contributed by atoms with Crippen molar-refractivity contribution in [2.75, 3.05) is 23.9 Å². The first-order valence-electron chi connectivity index (χ1n) is 19.1. The van der Waals surface area contributed by atoms with Crippen molar-refractivity contribution in [1.29, 1.82) is 0 Å². The second-order valence-corrected chi connectivity index (χ2v) is 15.2. The van der Waals surface area contributed by atoms with Gasteiger partial charge in [0.1, 0.15) is 0 Å². The van der Waals surface area contributed by atoms with Gasteiger partial charge in [-0.3, -0.25) is 9.59 Å². The van der Waals surface area contributed by atoms with Crippen molar-refractivity contribution in [2.24, 2.45) is 0 Å². The molecule has 0 saturated heterocycles. The van der Waals surface area contributed by atoms with Crippen LogP contribution in [0.25, 0.3) is 11.4 Å². The molecule has 0 spiro atoms. The first kappa shape index (κ1) is 36.3. The Morgan fingerprint density at radius 2 is 0.607 bits per heavy atom. The molecule has 8 rings (SSSR count). The maximum Gasteiger partial charge on any atom is 0.261 e. The van der Waals surface area contributed by atoms with Crippen molar-refractivity contribution in [3.8, 4) is 0 Å². The third kappa shape index (κ3) is 6.27. The van der Waals surface area contributed by atoms with Crippen LogP contribution in [0.15, 0.2) is 145 Å². The number of hydrogen-bond acceptors (Lipinski definition) is 4. The number of benzene rings is 6. The summed E-state index contributed by atoms with van der Waals surface area (Å²) in [5.41, 5.74) is 16.1. The molecular weight excluding hydrogens is 689 g/mol. The SMILES string of the molecule is Cc1ccc(N(c2ccc(C)cc2)c2cc(C)ccc2C2=C3C(=O)N(C)C(c4ccc(C)cc4N(c4ccc(C)cc4)c4ccc(C)cc4)=C3C(=O)N2C)cc1. The Balaban J connectivity index is 1.37. The number of aryl methyl sites for hydroxylation is 6. The van der Waals surface area contributed by atoms with Crippen LogP contribution in [0.5, 0.6) is 0 Å². The minimum atomic E-state index is -0.213. The van der Waals surface area contributed by atoms with Crippen LogP contribution in [0.4, 0.5) is 34.1 Å². The van der Waals surface area contributed by atoms with Gasteiger partial charge in [0.25, 0.3) is 11.8 Å². The van der Waals surface area contributed by atoms with Gasteiger partial charge in [-0.25, -0.2) is 0 Å². The van der Waals surface area contributed by atoms with E-state index in [0.29, 0.717) is 22.5 Å². The number of carbonyl (C=O) groups is 2. The van der Waals surface area contributed by atoms with Crippen LogP contribution >= 0.6 is 0 Å². The molecule has 6 heteroatoms. The van der Waals surface area contributed by atoms with E-state index in [1.165, 1.54) is 0 Å². The van der Waals surface area contributed by atoms with Gasteiger partial charge in [0.15, 0.2) is 0 Å². The van der Waals surface area contributed by atoms with E-state index in [0.717, 1.165) is 78.6 Å². The van der Waals surface area contributed by atoms with Crippen LogP contribution in [-0.4, -0.2) is 35.7 Å². The number of rotatable bonds is 8. The highest BCUT2D eigenvalue weighted by Gasteiger charge is 2.48. The minimum Gasteiger partial charge on any atom is -0.310 e. The number of hydrogen-bond donors (Lipinski definition) is 0.